The molecular formula is C12H11FN2O2. The second kappa shape index (κ2) is 4.37. The molecule has 0 aliphatic rings. The summed E-state index contributed by atoms with van der Waals surface area (Å²) in [4.78, 5) is 10.8. The number of benzene rings is 1. The van der Waals surface area contributed by atoms with Gasteiger partial charge in [-0.3, -0.25) is 4.68 Å². The van der Waals surface area contributed by atoms with Gasteiger partial charge in [0.05, 0.1) is 11.3 Å². The molecule has 0 aliphatic heterocycles. The van der Waals surface area contributed by atoms with Crippen LogP contribution in [0.4, 0.5) is 4.39 Å². The van der Waals surface area contributed by atoms with E-state index in [1.54, 1.807) is 16.9 Å². The number of aromatic nitrogens is 2. The largest absolute Gasteiger partial charge is 0.478 e. The van der Waals surface area contributed by atoms with Gasteiger partial charge in [0, 0.05) is 18.3 Å². The fourth-order valence-electron chi connectivity index (χ4n) is 1.69. The van der Waals surface area contributed by atoms with Gasteiger partial charge in [0.25, 0.3) is 0 Å². The van der Waals surface area contributed by atoms with Crippen LogP contribution >= 0.6 is 0 Å². The minimum absolute atomic E-state index is 0.0659. The summed E-state index contributed by atoms with van der Waals surface area (Å²) < 4.78 is 15.0. The minimum atomic E-state index is -1.15. The lowest BCUT2D eigenvalue weighted by molar-refractivity contribution is 0.0696. The SMILES string of the molecule is CCn1nccc1-c1cc(F)cc(C(=O)O)c1. The second-order valence-electron chi connectivity index (χ2n) is 3.57. The van der Waals surface area contributed by atoms with E-state index in [2.05, 4.69) is 5.10 Å². The third-order valence-electron chi connectivity index (χ3n) is 2.46. The van der Waals surface area contributed by atoms with Gasteiger partial charge in [0.15, 0.2) is 0 Å². The maximum atomic E-state index is 13.3. The summed E-state index contributed by atoms with van der Waals surface area (Å²) in [5, 5.41) is 12.9. The average molecular weight is 234 g/mol. The first-order valence-corrected chi connectivity index (χ1v) is 5.18. The van der Waals surface area contributed by atoms with Crippen LogP contribution in [-0.2, 0) is 6.54 Å². The summed E-state index contributed by atoms with van der Waals surface area (Å²) in [6.45, 7) is 2.55. The predicted octanol–water partition coefficient (Wildman–Crippen LogP) is 2.41. The molecular weight excluding hydrogens is 223 g/mol. The van der Waals surface area contributed by atoms with E-state index in [1.807, 2.05) is 6.92 Å². The lowest BCUT2D eigenvalue weighted by atomic mass is 10.1. The van der Waals surface area contributed by atoms with Crippen LogP contribution in [0.25, 0.3) is 11.3 Å². The first-order chi connectivity index (χ1) is 8.11. The normalized spacial score (nSPS) is 10.5. The molecule has 0 fully saturated rings. The third kappa shape index (κ3) is 2.18. The molecule has 0 saturated carbocycles. The molecule has 2 rings (SSSR count). The van der Waals surface area contributed by atoms with Crippen molar-refractivity contribution in [3.8, 4) is 11.3 Å². The van der Waals surface area contributed by atoms with Gasteiger partial charge < -0.3 is 5.11 Å². The number of carboxylic acids is 1. The Kier molecular flexibility index (Phi) is 2.91. The smallest absolute Gasteiger partial charge is 0.335 e. The summed E-state index contributed by atoms with van der Waals surface area (Å²) in [5.74, 6) is -1.71. The van der Waals surface area contributed by atoms with Crippen molar-refractivity contribution < 1.29 is 14.3 Å². The van der Waals surface area contributed by atoms with E-state index in [0.29, 0.717) is 17.8 Å². The van der Waals surface area contributed by atoms with Gasteiger partial charge in [-0.2, -0.15) is 5.10 Å². The van der Waals surface area contributed by atoms with Crippen LogP contribution in [0.5, 0.6) is 0 Å². The number of halogens is 1. The Morgan fingerprint density at radius 2 is 2.24 bits per heavy atom. The van der Waals surface area contributed by atoms with Gasteiger partial charge in [-0.1, -0.05) is 0 Å². The van der Waals surface area contributed by atoms with E-state index in [1.165, 1.54) is 12.1 Å². The molecule has 0 saturated heterocycles. The Bertz CT molecular complexity index is 563. The molecule has 2 aromatic rings. The highest BCUT2D eigenvalue weighted by atomic mass is 19.1. The van der Waals surface area contributed by atoms with E-state index in [4.69, 9.17) is 5.11 Å². The molecule has 88 valence electrons. The zero-order chi connectivity index (χ0) is 12.4. The van der Waals surface area contributed by atoms with Gasteiger partial charge in [-0.05, 0) is 31.2 Å². The summed E-state index contributed by atoms with van der Waals surface area (Å²) in [7, 11) is 0. The van der Waals surface area contributed by atoms with Gasteiger partial charge >= 0.3 is 5.97 Å². The first kappa shape index (κ1) is 11.3. The zero-order valence-electron chi connectivity index (χ0n) is 9.22. The van der Waals surface area contributed by atoms with Crippen LogP contribution in [0.15, 0.2) is 30.5 Å². The van der Waals surface area contributed by atoms with Crippen LogP contribution in [0.1, 0.15) is 17.3 Å². The molecule has 1 heterocycles. The van der Waals surface area contributed by atoms with Crippen molar-refractivity contribution >= 4 is 5.97 Å². The average Bonchev–Trinajstić information content (AvgIpc) is 2.76. The topological polar surface area (TPSA) is 55.1 Å². The van der Waals surface area contributed by atoms with Crippen molar-refractivity contribution in [1.29, 1.82) is 0 Å². The summed E-state index contributed by atoms with van der Waals surface area (Å²) in [6.07, 6.45) is 1.60. The van der Waals surface area contributed by atoms with E-state index in [-0.39, 0.29) is 5.56 Å². The van der Waals surface area contributed by atoms with Crippen LogP contribution in [0.3, 0.4) is 0 Å². The predicted molar refractivity (Wildman–Crippen MR) is 60.3 cm³/mol. The highest BCUT2D eigenvalue weighted by Crippen LogP contribution is 2.21. The van der Waals surface area contributed by atoms with E-state index >= 15 is 0 Å². The van der Waals surface area contributed by atoms with Gasteiger partial charge in [-0.15, -0.1) is 0 Å². The van der Waals surface area contributed by atoms with Gasteiger partial charge in [-0.25, -0.2) is 9.18 Å². The van der Waals surface area contributed by atoms with Crippen LogP contribution < -0.4 is 0 Å². The van der Waals surface area contributed by atoms with Gasteiger partial charge in [0.2, 0.25) is 0 Å². The van der Waals surface area contributed by atoms with Crippen LogP contribution in [0.2, 0.25) is 0 Å². The quantitative estimate of drug-likeness (QED) is 0.887. The number of aromatic carboxylic acids is 1. The molecule has 17 heavy (non-hydrogen) atoms. The summed E-state index contributed by atoms with van der Waals surface area (Å²) >= 11 is 0. The van der Waals surface area contributed by atoms with E-state index in [9.17, 15) is 9.18 Å². The highest BCUT2D eigenvalue weighted by molar-refractivity contribution is 5.89. The van der Waals surface area contributed by atoms with Gasteiger partial charge in [0.1, 0.15) is 5.82 Å². The molecule has 5 heteroatoms. The van der Waals surface area contributed by atoms with Crippen LogP contribution in [0, 0.1) is 5.82 Å². The minimum Gasteiger partial charge on any atom is -0.478 e. The van der Waals surface area contributed by atoms with Crippen molar-refractivity contribution in [2.24, 2.45) is 0 Å². The molecule has 4 nitrogen and oxygen atoms in total. The van der Waals surface area contributed by atoms with E-state index in [0.717, 1.165) is 6.07 Å². The number of carboxylic acid groups (broad SMARTS) is 1. The number of aryl methyl sites for hydroxylation is 1. The van der Waals surface area contributed by atoms with E-state index < -0.39 is 11.8 Å². The number of hydrogen-bond donors (Lipinski definition) is 1. The molecule has 0 atom stereocenters. The first-order valence-electron chi connectivity index (χ1n) is 5.18. The highest BCUT2D eigenvalue weighted by Gasteiger charge is 2.10. The van der Waals surface area contributed by atoms with Crippen molar-refractivity contribution in [2.45, 2.75) is 13.5 Å². The molecule has 0 unspecified atom stereocenters. The third-order valence-corrected chi connectivity index (χ3v) is 2.46. The lowest BCUT2D eigenvalue weighted by Gasteiger charge is -2.06. The fraction of sp³-hybridized carbons (Fsp3) is 0.167. The maximum absolute atomic E-state index is 13.3. The lowest BCUT2D eigenvalue weighted by Crippen LogP contribution is -2.01. The van der Waals surface area contributed by atoms with Crippen LogP contribution in [-0.4, -0.2) is 20.9 Å². The number of nitrogens with zero attached hydrogens (tertiary/aromatic N) is 2. The Morgan fingerprint density at radius 3 is 2.88 bits per heavy atom. The molecule has 1 aromatic heterocycles. The summed E-state index contributed by atoms with van der Waals surface area (Å²) in [6, 6.07) is 5.46. The van der Waals surface area contributed by atoms with Crippen molar-refractivity contribution in [1.82, 2.24) is 9.78 Å². The standard InChI is InChI=1S/C12H11FN2O2/c1-2-15-11(3-4-14-15)8-5-9(12(16)17)7-10(13)6-8/h3-7H,2H2,1H3,(H,16,17). The number of hydrogen-bond acceptors (Lipinski definition) is 2. The monoisotopic (exact) mass is 234 g/mol. The molecule has 0 bridgehead atoms. The summed E-state index contributed by atoms with van der Waals surface area (Å²) in [5.41, 5.74) is 1.15. The van der Waals surface area contributed by atoms with Crippen molar-refractivity contribution in [3.63, 3.8) is 0 Å². The maximum Gasteiger partial charge on any atom is 0.335 e. The Labute approximate surface area is 97.3 Å². The van der Waals surface area contributed by atoms with Crippen molar-refractivity contribution in [3.05, 3.63) is 41.8 Å². The molecule has 1 aromatic carbocycles. The van der Waals surface area contributed by atoms with Crippen molar-refractivity contribution in [2.75, 3.05) is 0 Å². The molecule has 0 spiro atoms. The molecule has 1 N–H and O–H groups in total. The molecule has 0 aliphatic carbocycles. The zero-order valence-corrected chi connectivity index (χ0v) is 9.22. The Hall–Kier alpha value is -2.17. The number of carbonyl (C=O) groups is 1. The fourth-order valence-corrected chi connectivity index (χ4v) is 1.69. The number of rotatable bonds is 3. The molecule has 0 amide bonds. The molecule has 0 radical (unpaired) electrons. The Morgan fingerprint density at radius 1 is 1.47 bits per heavy atom. The second-order valence-corrected chi connectivity index (χ2v) is 3.57. The Balaban J connectivity index is 2.56.